The van der Waals surface area contributed by atoms with Gasteiger partial charge in [-0.2, -0.15) is 0 Å². The molecule has 0 amide bonds. The number of benzene rings is 2. The molecule has 1 nitrogen and oxygen atoms in total. The maximum absolute atomic E-state index is 13.3. The highest BCUT2D eigenvalue weighted by Gasteiger charge is 2.06. The highest BCUT2D eigenvalue weighted by Crippen LogP contribution is 2.31. The zero-order valence-corrected chi connectivity index (χ0v) is 9.69. The summed E-state index contributed by atoms with van der Waals surface area (Å²) in [5, 5.41) is 0.581. The minimum absolute atomic E-state index is 0.0929. The van der Waals surface area contributed by atoms with Gasteiger partial charge in [0.05, 0.1) is 10.0 Å². The molecule has 0 aliphatic carbocycles. The Balaban J connectivity index is 2.54. The molecule has 0 heterocycles. The Hall–Kier alpha value is -1.25. The van der Waals surface area contributed by atoms with Gasteiger partial charge in [-0.3, -0.25) is 0 Å². The van der Waals surface area contributed by atoms with Crippen LogP contribution in [0.2, 0.25) is 10.0 Å². The summed E-state index contributed by atoms with van der Waals surface area (Å²) >= 11 is 11.6. The van der Waals surface area contributed by atoms with Gasteiger partial charge >= 0.3 is 0 Å². The molecule has 0 atom stereocenters. The molecule has 2 rings (SSSR count). The van der Waals surface area contributed by atoms with Crippen molar-refractivity contribution in [1.82, 2.24) is 0 Å². The van der Waals surface area contributed by atoms with Crippen molar-refractivity contribution in [2.24, 2.45) is 0 Å². The lowest BCUT2D eigenvalue weighted by Crippen LogP contribution is -1.87. The molecule has 0 bridgehead atoms. The van der Waals surface area contributed by atoms with Gasteiger partial charge < -0.3 is 5.73 Å². The topological polar surface area (TPSA) is 26.0 Å². The second-order valence-corrected chi connectivity index (χ2v) is 4.18. The lowest BCUT2D eigenvalue weighted by atomic mass is 10.1. The van der Waals surface area contributed by atoms with Crippen LogP contribution in [-0.2, 0) is 0 Å². The number of rotatable bonds is 1. The van der Waals surface area contributed by atoms with E-state index in [9.17, 15) is 4.39 Å². The third-order valence-electron chi connectivity index (χ3n) is 2.22. The maximum atomic E-state index is 13.3. The summed E-state index contributed by atoms with van der Waals surface area (Å²) < 4.78 is 13.3. The molecule has 82 valence electrons. The van der Waals surface area contributed by atoms with Crippen LogP contribution in [0.15, 0.2) is 36.4 Å². The maximum Gasteiger partial charge on any atom is 0.142 e. The van der Waals surface area contributed by atoms with Gasteiger partial charge in [0.15, 0.2) is 0 Å². The highest BCUT2D eigenvalue weighted by atomic mass is 35.5. The fourth-order valence-corrected chi connectivity index (χ4v) is 1.84. The smallest absolute Gasteiger partial charge is 0.142 e. The predicted molar refractivity (Wildman–Crippen MR) is 66.3 cm³/mol. The van der Waals surface area contributed by atoms with E-state index in [-0.39, 0.29) is 5.02 Å². The summed E-state index contributed by atoms with van der Waals surface area (Å²) in [6.45, 7) is 0. The Kier molecular flexibility index (Phi) is 3.03. The van der Waals surface area contributed by atoms with Crippen molar-refractivity contribution < 1.29 is 4.39 Å². The first-order chi connectivity index (χ1) is 7.58. The molecule has 0 aliphatic rings. The Labute approximate surface area is 103 Å². The predicted octanol–water partition coefficient (Wildman–Crippen LogP) is 4.38. The molecule has 2 aromatic carbocycles. The normalized spacial score (nSPS) is 10.4. The molecule has 0 saturated carbocycles. The quantitative estimate of drug-likeness (QED) is 0.752. The lowest BCUT2D eigenvalue weighted by Gasteiger charge is -2.06. The summed E-state index contributed by atoms with van der Waals surface area (Å²) in [5.41, 5.74) is 7.55. The molecule has 0 aliphatic heterocycles. The van der Waals surface area contributed by atoms with Gasteiger partial charge in [0.2, 0.25) is 0 Å². The van der Waals surface area contributed by atoms with Crippen LogP contribution in [0.1, 0.15) is 0 Å². The molecule has 16 heavy (non-hydrogen) atoms. The molecule has 0 radical (unpaired) electrons. The van der Waals surface area contributed by atoms with E-state index < -0.39 is 5.82 Å². The number of nitrogens with two attached hydrogens (primary N) is 1. The van der Waals surface area contributed by atoms with Crippen LogP contribution in [0.5, 0.6) is 0 Å². The second kappa shape index (κ2) is 4.32. The van der Waals surface area contributed by atoms with E-state index in [1.54, 1.807) is 24.3 Å². The SMILES string of the molecule is Nc1ccc(-c2ccc(Cl)c(F)c2)c(Cl)c1. The van der Waals surface area contributed by atoms with Crippen LogP contribution >= 0.6 is 23.2 Å². The van der Waals surface area contributed by atoms with E-state index in [1.807, 2.05) is 0 Å². The molecular weight excluding hydrogens is 248 g/mol. The average molecular weight is 256 g/mol. The van der Waals surface area contributed by atoms with Gasteiger partial charge in [0.25, 0.3) is 0 Å². The second-order valence-electron chi connectivity index (χ2n) is 3.37. The lowest BCUT2D eigenvalue weighted by molar-refractivity contribution is 0.629. The standard InChI is InChI=1S/C12H8Cl2FN/c13-10-4-1-7(5-12(10)15)9-3-2-8(16)6-11(9)14/h1-6H,16H2. The van der Waals surface area contributed by atoms with Crippen molar-refractivity contribution in [3.05, 3.63) is 52.3 Å². The van der Waals surface area contributed by atoms with Crippen molar-refractivity contribution in [3.63, 3.8) is 0 Å². The Morgan fingerprint density at radius 2 is 1.69 bits per heavy atom. The van der Waals surface area contributed by atoms with E-state index in [4.69, 9.17) is 28.9 Å². The van der Waals surface area contributed by atoms with Gasteiger partial charge in [-0.15, -0.1) is 0 Å². The van der Waals surface area contributed by atoms with Crippen molar-refractivity contribution >= 4 is 28.9 Å². The van der Waals surface area contributed by atoms with Gasteiger partial charge in [-0.1, -0.05) is 35.3 Å². The zero-order valence-electron chi connectivity index (χ0n) is 8.18. The van der Waals surface area contributed by atoms with Gasteiger partial charge in [0, 0.05) is 11.3 Å². The number of nitrogen functional groups attached to an aromatic ring is 1. The highest BCUT2D eigenvalue weighted by molar-refractivity contribution is 6.33. The van der Waals surface area contributed by atoms with Crippen molar-refractivity contribution in [1.29, 1.82) is 0 Å². The van der Waals surface area contributed by atoms with Crippen LogP contribution < -0.4 is 5.73 Å². The van der Waals surface area contributed by atoms with Gasteiger partial charge in [0.1, 0.15) is 5.82 Å². The minimum atomic E-state index is -0.466. The number of anilines is 1. The third-order valence-corrected chi connectivity index (χ3v) is 2.84. The van der Waals surface area contributed by atoms with Crippen molar-refractivity contribution in [2.75, 3.05) is 5.73 Å². The molecule has 0 aromatic heterocycles. The zero-order chi connectivity index (χ0) is 11.7. The Morgan fingerprint density at radius 3 is 2.31 bits per heavy atom. The molecule has 0 unspecified atom stereocenters. The van der Waals surface area contributed by atoms with E-state index in [0.717, 1.165) is 5.56 Å². The summed E-state index contributed by atoms with van der Waals surface area (Å²) in [4.78, 5) is 0. The first kappa shape index (κ1) is 11.2. The van der Waals surface area contributed by atoms with Crippen LogP contribution in [0.3, 0.4) is 0 Å². The Bertz CT molecular complexity index is 541. The summed E-state index contributed by atoms with van der Waals surface area (Å²) in [6, 6.07) is 9.65. The van der Waals surface area contributed by atoms with E-state index >= 15 is 0 Å². The fourth-order valence-electron chi connectivity index (χ4n) is 1.43. The number of halogens is 3. The number of hydrogen-bond donors (Lipinski definition) is 1. The third kappa shape index (κ3) is 2.13. The van der Waals surface area contributed by atoms with Crippen molar-refractivity contribution in [2.45, 2.75) is 0 Å². The first-order valence-corrected chi connectivity index (χ1v) is 5.34. The number of hydrogen-bond acceptors (Lipinski definition) is 1. The minimum Gasteiger partial charge on any atom is -0.399 e. The van der Waals surface area contributed by atoms with Crippen LogP contribution in [0, 0.1) is 5.82 Å². The fraction of sp³-hybridized carbons (Fsp3) is 0. The van der Waals surface area contributed by atoms with E-state index in [0.29, 0.717) is 16.3 Å². The monoisotopic (exact) mass is 255 g/mol. The molecule has 2 N–H and O–H groups in total. The van der Waals surface area contributed by atoms with Crippen LogP contribution in [0.4, 0.5) is 10.1 Å². The van der Waals surface area contributed by atoms with Crippen LogP contribution in [0.25, 0.3) is 11.1 Å². The molecule has 2 aromatic rings. The average Bonchev–Trinajstić information content (AvgIpc) is 2.22. The first-order valence-electron chi connectivity index (χ1n) is 4.58. The Morgan fingerprint density at radius 1 is 0.938 bits per heavy atom. The molecule has 0 fully saturated rings. The van der Waals surface area contributed by atoms with E-state index in [1.165, 1.54) is 12.1 Å². The van der Waals surface area contributed by atoms with E-state index in [2.05, 4.69) is 0 Å². The largest absolute Gasteiger partial charge is 0.399 e. The molecule has 0 spiro atoms. The summed E-state index contributed by atoms with van der Waals surface area (Å²) in [6.07, 6.45) is 0. The summed E-state index contributed by atoms with van der Waals surface area (Å²) in [7, 11) is 0. The summed E-state index contributed by atoms with van der Waals surface area (Å²) in [5.74, 6) is -0.466. The van der Waals surface area contributed by atoms with Gasteiger partial charge in [-0.25, -0.2) is 4.39 Å². The van der Waals surface area contributed by atoms with Gasteiger partial charge in [-0.05, 0) is 29.8 Å². The molecule has 4 heteroatoms. The van der Waals surface area contributed by atoms with Crippen molar-refractivity contribution in [3.8, 4) is 11.1 Å². The molecular formula is C12H8Cl2FN. The van der Waals surface area contributed by atoms with Crippen LogP contribution in [-0.4, -0.2) is 0 Å². The molecule has 0 saturated heterocycles.